The minimum Gasteiger partial charge on any atom is -0.497 e. The van der Waals surface area contributed by atoms with E-state index in [0.29, 0.717) is 58.6 Å². The lowest BCUT2D eigenvalue weighted by atomic mass is 9.45. The van der Waals surface area contributed by atoms with Crippen molar-refractivity contribution in [3.8, 4) is 5.75 Å². The molecule has 2 N–H and O–H groups in total. The predicted molar refractivity (Wildman–Crippen MR) is 166 cm³/mol. The van der Waals surface area contributed by atoms with Crippen molar-refractivity contribution in [3.63, 3.8) is 0 Å². The van der Waals surface area contributed by atoms with E-state index in [4.69, 9.17) is 9.73 Å². The number of ether oxygens (including phenoxy) is 1. The van der Waals surface area contributed by atoms with E-state index in [9.17, 15) is 9.18 Å². The Morgan fingerprint density at radius 3 is 2.76 bits per heavy atom. The molecular weight excluding hydrogens is 531 g/mol. The van der Waals surface area contributed by atoms with Crippen LogP contribution in [0.5, 0.6) is 5.75 Å². The number of guanidine groups is 1. The lowest BCUT2D eigenvalue weighted by Crippen LogP contribution is -2.57. The van der Waals surface area contributed by atoms with Crippen molar-refractivity contribution < 1.29 is 9.13 Å². The summed E-state index contributed by atoms with van der Waals surface area (Å²) < 4.78 is 21.0. The van der Waals surface area contributed by atoms with Crippen molar-refractivity contribution in [1.29, 1.82) is 0 Å². The average molecular weight is 575 g/mol. The summed E-state index contributed by atoms with van der Waals surface area (Å²) >= 11 is 0. The molecule has 3 saturated carbocycles. The molecule has 1 aromatic heterocycles. The van der Waals surface area contributed by atoms with Crippen molar-refractivity contribution in [3.05, 3.63) is 64.5 Å². The topological polar surface area (TPSA) is 83.8 Å². The number of hydrogen-bond donors (Lipinski definition) is 2. The van der Waals surface area contributed by atoms with Gasteiger partial charge in [0.2, 0.25) is 0 Å². The van der Waals surface area contributed by atoms with Crippen molar-refractivity contribution in [2.24, 2.45) is 28.2 Å². The first-order valence-corrected chi connectivity index (χ1v) is 15.3. The number of aromatic nitrogens is 2. The van der Waals surface area contributed by atoms with Crippen molar-refractivity contribution in [1.82, 2.24) is 19.8 Å². The smallest absolute Gasteiger partial charge is 0.261 e. The maximum absolute atomic E-state index is 14.4. The van der Waals surface area contributed by atoms with Crippen LogP contribution >= 0.6 is 0 Å². The normalized spacial score (nSPS) is 27.0. The Morgan fingerprint density at radius 2 is 2.05 bits per heavy atom. The first kappa shape index (κ1) is 28.6. The van der Waals surface area contributed by atoms with E-state index in [1.807, 2.05) is 18.2 Å². The molecule has 9 heteroatoms. The van der Waals surface area contributed by atoms with Crippen LogP contribution in [0.2, 0.25) is 0 Å². The van der Waals surface area contributed by atoms with Gasteiger partial charge in [-0.15, -0.1) is 0 Å². The molecule has 42 heavy (non-hydrogen) atoms. The zero-order valence-corrected chi connectivity index (χ0v) is 25.4. The van der Waals surface area contributed by atoms with E-state index in [-0.39, 0.29) is 11.4 Å². The van der Waals surface area contributed by atoms with Gasteiger partial charge in [-0.25, -0.2) is 14.4 Å². The van der Waals surface area contributed by atoms with E-state index < -0.39 is 0 Å². The largest absolute Gasteiger partial charge is 0.497 e. The van der Waals surface area contributed by atoms with Gasteiger partial charge in [0.25, 0.3) is 5.56 Å². The lowest BCUT2D eigenvalue weighted by molar-refractivity contribution is -0.108. The molecule has 5 atom stereocenters. The molecule has 2 bridgehead atoms. The molecule has 4 aliphatic rings. The van der Waals surface area contributed by atoms with Crippen LogP contribution in [-0.4, -0.2) is 59.2 Å². The molecule has 2 aromatic carbocycles. The maximum Gasteiger partial charge on any atom is 0.261 e. The van der Waals surface area contributed by atoms with Gasteiger partial charge in [0, 0.05) is 44.0 Å². The molecule has 7 rings (SSSR count). The summed E-state index contributed by atoms with van der Waals surface area (Å²) in [5.41, 5.74) is 2.31. The van der Waals surface area contributed by atoms with Gasteiger partial charge in [-0.2, -0.15) is 0 Å². The summed E-state index contributed by atoms with van der Waals surface area (Å²) in [7, 11) is 1.51. The molecule has 4 fully saturated rings. The summed E-state index contributed by atoms with van der Waals surface area (Å²) in [5, 5.41) is 7.70. The summed E-state index contributed by atoms with van der Waals surface area (Å²) in [6.07, 6.45) is 4.40. The molecule has 1 saturated heterocycles. The van der Waals surface area contributed by atoms with Gasteiger partial charge in [-0.1, -0.05) is 26.8 Å². The predicted octanol–water partition coefficient (Wildman–Crippen LogP) is 4.92. The number of benzene rings is 2. The third kappa shape index (κ3) is 5.39. The number of nitrogens with zero attached hydrogens (tertiary/aromatic N) is 4. The fourth-order valence-electron chi connectivity index (χ4n) is 7.39. The molecule has 224 valence electrons. The van der Waals surface area contributed by atoms with Gasteiger partial charge in [-0.3, -0.25) is 9.36 Å². The maximum atomic E-state index is 14.4. The van der Waals surface area contributed by atoms with Gasteiger partial charge in [0.1, 0.15) is 11.6 Å². The molecule has 3 aromatic rings. The van der Waals surface area contributed by atoms with Gasteiger partial charge >= 0.3 is 0 Å². The Morgan fingerprint density at radius 1 is 1.21 bits per heavy atom. The summed E-state index contributed by atoms with van der Waals surface area (Å²) in [5.74, 6) is 3.05. The number of fused-ring (bicyclic) bond motifs is 3. The zero-order chi connectivity index (χ0) is 29.6. The number of anilines is 1. The third-order valence-corrected chi connectivity index (χ3v) is 10.2. The highest BCUT2D eigenvalue weighted by Gasteiger charge is 2.56. The Labute approximate surface area is 247 Å². The van der Waals surface area contributed by atoms with E-state index in [0.717, 1.165) is 49.5 Å². The highest BCUT2D eigenvalue weighted by molar-refractivity contribution is 5.96. The highest BCUT2D eigenvalue weighted by atomic mass is 19.1. The van der Waals surface area contributed by atoms with Crippen LogP contribution in [0.15, 0.2) is 52.5 Å². The van der Waals surface area contributed by atoms with Crippen LogP contribution in [0.1, 0.15) is 46.1 Å². The van der Waals surface area contributed by atoms with Gasteiger partial charge in [0.15, 0.2) is 5.96 Å². The molecule has 1 aliphatic heterocycles. The second-order valence-electron chi connectivity index (χ2n) is 13.1. The van der Waals surface area contributed by atoms with Crippen LogP contribution in [0.3, 0.4) is 0 Å². The van der Waals surface area contributed by atoms with Crippen LogP contribution in [0, 0.1) is 29.0 Å². The molecule has 0 radical (unpaired) electrons. The fraction of sp³-hybridized carbons (Fsp3) is 0.545. The van der Waals surface area contributed by atoms with E-state index in [1.54, 1.807) is 23.0 Å². The van der Waals surface area contributed by atoms with E-state index in [1.165, 1.54) is 19.6 Å². The minimum atomic E-state index is -0.341. The van der Waals surface area contributed by atoms with Gasteiger partial charge in [-0.05, 0) is 79.2 Å². The average Bonchev–Trinajstić information content (AvgIpc) is 2.97. The van der Waals surface area contributed by atoms with Crippen LogP contribution in [0.4, 0.5) is 10.1 Å². The number of aryl methyl sites for hydroxylation is 2. The second-order valence-corrected chi connectivity index (χ2v) is 13.1. The summed E-state index contributed by atoms with van der Waals surface area (Å²) in [6, 6.07) is 11.2. The zero-order valence-electron chi connectivity index (χ0n) is 25.4. The molecule has 2 heterocycles. The Hall–Kier alpha value is -3.46. The molecule has 3 aliphatic carbocycles. The van der Waals surface area contributed by atoms with Crippen LogP contribution in [-0.2, 0) is 13.0 Å². The second kappa shape index (κ2) is 11.3. The van der Waals surface area contributed by atoms with E-state index in [2.05, 4.69) is 48.2 Å². The number of nitrogens with one attached hydrogen (secondary N) is 2. The van der Waals surface area contributed by atoms with E-state index >= 15 is 0 Å². The first-order valence-electron chi connectivity index (χ1n) is 15.3. The monoisotopic (exact) mass is 574 g/mol. The number of aliphatic imine (C=N–C) groups is 1. The Kier molecular flexibility index (Phi) is 7.72. The Balaban J connectivity index is 1.22. The first-order chi connectivity index (χ1) is 20.1. The summed E-state index contributed by atoms with van der Waals surface area (Å²) in [6.45, 7) is 12.5. The standard InChI is InChI=1S/C33H43FN6O2/c1-20-18-39(13-11-35-20)32(38-29-15-23-14-27(21(29)2)33(23,3)4)37-24-7-9-26-30(16-24)36-19-40(31(26)41)12-10-22-6-8-25(42-5)17-28(22)34/h6-9,16-17,19-21,23,27,29,35H,10-15,18H2,1-5H3,(H,37,38)/t20-,21-,23-,27-,29+/m0/s1. The molecule has 0 unspecified atom stereocenters. The SMILES string of the molecule is COc1ccc(CCn2cnc3cc(NC(=N[C@@H]4C[C@@H]5C[C@@H]([C@@H]4C)C5(C)C)N4CCN[C@@H](C)C4)ccc3c2=O)c(F)c1. The highest BCUT2D eigenvalue weighted by Crippen LogP contribution is 2.61. The quantitative estimate of drug-likeness (QED) is 0.321. The molecule has 0 spiro atoms. The number of rotatable bonds is 6. The number of methoxy groups -OCH3 is 1. The Bertz CT molecular complexity index is 1550. The number of halogens is 1. The molecule has 0 amide bonds. The van der Waals surface area contributed by atoms with Crippen molar-refractivity contribution in [2.45, 2.75) is 65.6 Å². The fourth-order valence-corrected chi connectivity index (χ4v) is 7.39. The third-order valence-electron chi connectivity index (χ3n) is 10.2. The van der Waals surface area contributed by atoms with Crippen LogP contribution < -0.4 is 20.9 Å². The van der Waals surface area contributed by atoms with Gasteiger partial charge < -0.3 is 20.3 Å². The molecular formula is C33H43FN6O2. The number of hydrogen-bond acceptors (Lipinski definition) is 5. The summed E-state index contributed by atoms with van der Waals surface area (Å²) in [4.78, 5) is 25.6. The van der Waals surface area contributed by atoms with Gasteiger partial charge in [0.05, 0.1) is 30.4 Å². The number of piperazine rings is 1. The lowest BCUT2D eigenvalue weighted by Gasteiger charge is -2.61. The molecule has 8 nitrogen and oxygen atoms in total. The van der Waals surface area contributed by atoms with Crippen LogP contribution in [0.25, 0.3) is 10.9 Å². The van der Waals surface area contributed by atoms with Crippen molar-refractivity contribution in [2.75, 3.05) is 32.1 Å². The van der Waals surface area contributed by atoms with Crippen molar-refractivity contribution >= 4 is 22.5 Å². The minimum absolute atomic E-state index is 0.136.